The van der Waals surface area contributed by atoms with Crippen molar-refractivity contribution >= 4 is 25.2 Å². The maximum absolute atomic E-state index is 10.0. The zero-order valence-electron chi connectivity index (χ0n) is 28.5. The highest BCUT2D eigenvalue weighted by molar-refractivity contribution is 6.63. The first kappa shape index (κ1) is 34.8. The van der Waals surface area contributed by atoms with Crippen molar-refractivity contribution in [2.75, 3.05) is 0 Å². The molecular formula is C30H54B2N4O6. The highest BCUT2D eigenvalue weighted by Gasteiger charge is 2.53. The average Bonchev–Trinajstić information content (AvgIpc) is 3.48. The normalized spacial score (nSPS) is 21.0. The van der Waals surface area contributed by atoms with Crippen molar-refractivity contribution in [3.8, 4) is 0 Å². The summed E-state index contributed by atoms with van der Waals surface area (Å²) in [6.45, 7) is 28.5. The minimum Gasteiger partial charge on any atom is -0.399 e. The summed E-state index contributed by atoms with van der Waals surface area (Å²) in [6, 6.07) is 0. The van der Waals surface area contributed by atoms with Crippen LogP contribution < -0.4 is 10.9 Å². The van der Waals surface area contributed by atoms with Gasteiger partial charge in [0.15, 0.2) is 0 Å². The Labute approximate surface area is 253 Å². The zero-order valence-corrected chi connectivity index (χ0v) is 28.5. The molecule has 0 aliphatic carbocycles. The van der Waals surface area contributed by atoms with Crippen molar-refractivity contribution in [2.45, 2.75) is 156 Å². The van der Waals surface area contributed by atoms with Crippen LogP contribution in [0.15, 0.2) is 12.4 Å². The van der Waals surface area contributed by atoms with Gasteiger partial charge >= 0.3 is 14.2 Å². The molecule has 2 N–H and O–H groups in total. The summed E-state index contributed by atoms with van der Waals surface area (Å²) in [6.07, 6.45) is 5.35. The van der Waals surface area contributed by atoms with Gasteiger partial charge in [0.05, 0.1) is 52.4 Å². The van der Waals surface area contributed by atoms with E-state index in [4.69, 9.17) is 18.6 Å². The maximum atomic E-state index is 10.0. The number of rotatable bonds is 8. The largest absolute Gasteiger partial charge is 0.498 e. The summed E-state index contributed by atoms with van der Waals surface area (Å²) in [5, 5.41) is 28.9. The van der Waals surface area contributed by atoms with Crippen molar-refractivity contribution in [3.05, 3.63) is 23.8 Å². The van der Waals surface area contributed by atoms with Crippen LogP contribution in [0, 0.1) is 0 Å². The smallest absolute Gasteiger partial charge is 0.399 e. The average molecular weight is 588 g/mol. The summed E-state index contributed by atoms with van der Waals surface area (Å²) in [7, 11) is -0.805. The van der Waals surface area contributed by atoms with Crippen LogP contribution in [0.25, 0.3) is 0 Å². The van der Waals surface area contributed by atoms with Gasteiger partial charge in [-0.2, -0.15) is 10.2 Å². The fraction of sp³-hybridized carbons (Fsp3) is 0.800. The van der Waals surface area contributed by atoms with E-state index in [0.717, 1.165) is 35.2 Å². The summed E-state index contributed by atoms with van der Waals surface area (Å²) in [5.41, 5.74) is 0.881. The SMILES string of the molecule is CCc1c(B2OC(C)(C)C(C)(C)O2)cnn1CC(C)(C)O.CCc1nn(CC(C)(C)O)cc1B1OC(C)(C)C(C)(C)O1. The first-order valence-corrected chi connectivity index (χ1v) is 15.2. The molecule has 10 nitrogen and oxygen atoms in total. The topological polar surface area (TPSA) is 113 Å². The van der Waals surface area contributed by atoms with Gasteiger partial charge in [-0.15, -0.1) is 0 Å². The summed E-state index contributed by atoms with van der Waals surface area (Å²) < 4.78 is 28.0. The van der Waals surface area contributed by atoms with Crippen LogP contribution in [0.5, 0.6) is 0 Å². The van der Waals surface area contributed by atoms with Crippen LogP contribution >= 0.6 is 0 Å². The Morgan fingerprint density at radius 3 is 1.52 bits per heavy atom. The van der Waals surface area contributed by atoms with Crippen LogP contribution in [0.1, 0.15) is 108 Å². The maximum Gasteiger partial charge on any atom is 0.498 e. The van der Waals surface area contributed by atoms with E-state index in [1.165, 1.54) is 0 Å². The molecule has 0 spiro atoms. The summed E-state index contributed by atoms with van der Waals surface area (Å²) in [5.74, 6) is 0. The molecule has 0 amide bonds. The van der Waals surface area contributed by atoms with Gasteiger partial charge in [0.2, 0.25) is 0 Å². The van der Waals surface area contributed by atoms with Gasteiger partial charge in [-0.3, -0.25) is 9.36 Å². The van der Waals surface area contributed by atoms with E-state index in [-0.39, 0.29) is 22.4 Å². The summed E-state index contributed by atoms with van der Waals surface area (Å²) >= 11 is 0. The lowest BCUT2D eigenvalue weighted by atomic mass is 9.78. The second kappa shape index (κ2) is 11.7. The van der Waals surface area contributed by atoms with Crippen LogP contribution in [0.4, 0.5) is 0 Å². The van der Waals surface area contributed by atoms with Gasteiger partial charge in [0.1, 0.15) is 0 Å². The van der Waals surface area contributed by atoms with Gasteiger partial charge < -0.3 is 28.8 Å². The van der Waals surface area contributed by atoms with Crippen molar-refractivity contribution in [3.63, 3.8) is 0 Å². The molecule has 0 aromatic carbocycles. The van der Waals surface area contributed by atoms with Crippen molar-refractivity contribution in [1.29, 1.82) is 0 Å². The number of aromatic nitrogens is 4. The van der Waals surface area contributed by atoms with Gasteiger partial charge in [-0.25, -0.2) is 0 Å². The molecule has 0 bridgehead atoms. The number of aliphatic hydroxyl groups is 2. The van der Waals surface area contributed by atoms with Gasteiger partial charge in [-0.05, 0) is 95.9 Å². The molecule has 12 heteroatoms. The highest BCUT2D eigenvalue weighted by atomic mass is 16.7. The van der Waals surface area contributed by atoms with E-state index in [1.54, 1.807) is 38.6 Å². The van der Waals surface area contributed by atoms with Crippen LogP contribution in [-0.2, 0) is 44.5 Å². The number of aryl methyl sites for hydroxylation is 1. The second-order valence-corrected chi connectivity index (χ2v) is 14.9. The Hall–Kier alpha value is -1.69. The quantitative estimate of drug-likeness (QED) is 0.453. The monoisotopic (exact) mass is 588 g/mol. The molecule has 2 saturated heterocycles. The molecule has 236 valence electrons. The third-order valence-corrected chi connectivity index (χ3v) is 8.62. The standard InChI is InChI=1S/2C15H27BN2O3/c1-8-12-11(9-18(17-12)10-13(2,3)19)16-20-14(4,5)15(6,7)21-16;1-8-12-11(9-17-18(12)10-13(2,3)19)16-20-14(4,5)15(6,7)21-16/h2*9,19H,8,10H2,1-7H3. The molecule has 2 aliphatic rings. The van der Waals surface area contributed by atoms with E-state index < -0.39 is 25.4 Å². The minimum absolute atomic E-state index is 0.360. The van der Waals surface area contributed by atoms with E-state index in [1.807, 2.05) is 66.3 Å². The third-order valence-electron chi connectivity index (χ3n) is 8.62. The lowest BCUT2D eigenvalue weighted by molar-refractivity contribution is 0.00578. The Bertz CT molecular complexity index is 1160. The first-order chi connectivity index (χ1) is 18.9. The fourth-order valence-electron chi connectivity index (χ4n) is 4.88. The molecular weight excluding hydrogens is 534 g/mol. The number of hydrogen-bond acceptors (Lipinski definition) is 8. The van der Waals surface area contributed by atoms with E-state index in [9.17, 15) is 10.2 Å². The lowest BCUT2D eigenvalue weighted by Gasteiger charge is -2.32. The van der Waals surface area contributed by atoms with Crippen LogP contribution in [0.2, 0.25) is 0 Å². The lowest BCUT2D eigenvalue weighted by Crippen LogP contribution is -2.41. The highest BCUT2D eigenvalue weighted by Crippen LogP contribution is 2.37. The van der Waals surface area contributed by atoms with E-state index >= 15 is 0 Å². The molecule has 2 aliphatic heterocycles. The zero-order chi connectivity index (χ0) is 32.1. The first-order valence-electron chi connectivity index (χ1n) is 15.2. The third kappa shape index (κ3) is 7.68. The van der Waals surface area contributed by atoms with E-state index in [0.29, 0.717) is 13.1 Å². The minimum atomic E-state index is -0.802. The number of hydrogen-bond donors (Lipinski definition) is 2. The van der Waals surface area contributed by atoms with Gasteiger partial charge in [-0.1, -0.05) is 13.8 Å². The molecule has 0 saturated carbocycles. The molecule has 2 aromatic heterocycles. The van der Waals surface area contributed by atoms with Crippen LogP contribution in [-0.4, -0.2) is 77.6 Å². The molecule has 0 radical (unpaired) electrons. The fourth-order valence-corrected chi connectivity index (χ4v) is 4.88. The molecule has 4 heterocycles. The molecule has 2 fully saturated rings. The van der Waals surface area contributed by atoms with Crippen LogP contribution in [0.3, 0.4) is 0 Å². The number of nitrogens with zero attached hydrogens (tertiary/aromatic N) is 4. The van der Waals surface area contributed by atoms with Gasteiger partial charge in [0.25, 0.3) is 0 Å². The Balaban J connectivity index is 0.000000230. The Morgan fingerprint density at radius 1 is 0.714 bits per heavy atom. The predicted molar refractivity (Wildman–Crippen MR) is 167 cm³/mol. The predicted octanol–water partition coefficient (Wildman–Crippen LogP) is 3.03. The molecule has 0 unspecified atom stereocenters. The molecule has 42 heavy (non-hydrogen) atoms. The Morgan fingerprint density at radius 2 is 1.14 bits per heavy atom. The molecule has 2 aromatic rings. The summed E-state index contributed by atoms with van der Waals surface area (Å²) in [4.78, 5) is 0. The van der Waals surface area contributed by atoms with Gasteiger partial charge in [0, 0.05) is 29.0 Å². The molecule has 0 atom stereocenters. The second-order valence-electron chi connectivity index (χ2n) is 14.9. The van der Waals surface area contributed by atoms with Crippen molar-refractivity contribution < 1.29 is 28.8 Å². The van der Waals surface area contributed by atoms with E-state index in [2.05, 4.69) is 24.0 Å². The van der Waals surface area contributed by atoms with Crippen molar-refractivity contribution in [1.82, 2.24) is 19.6 Å². The Kier molecular flexibility index (Phi) is 9.67. The van der Waals surface area contributed by atoms with Crippen molar-refractivity contribution in [2.24, 2.45) is 0 Å². The molecule has 4 rings (SSSR count).